The lowest BCUT2D eigenvalue weighted by atomic mass is 9.96. The molecule has 0 spiro atoms. The summed E-state index contributed by atoms with van der Waals surface area (Å²) in [6.07, 6.45) is 2.35. The van der Waals surface area contributed by atoms with E-state index in [1.807, 2.05) is 36.4 Å². The van der Waals surface area contributed by atoms with Gasteiger partial charge in [-0.25, -0.2) is 9.59 Å². The molecule has 4 rings (SSSR count). The third-order valence-electron chi connectivity index (χ3n) is 7.02. The van der Waals surface area contributed by atoms with Gasteiger partial charge in [-0.3, -0.25) is 4.79 Å². The highest BCUT2D eigenvalue weighted by atomic mass is 16.5. The van der Waals surface area contributed by atoms with Crippen LogP contribution in [0.25, 0.3) is 11.1 Å². The summed E-state index contributed by atoms with van der Waals surface area (Å²) >= 11 is 0. The minimum absolute atomic E-state index is 0.0947. The summed E-state index contributed by atoms with van der Waals surface area (Å²) < 4.78 is 10.7. The Bertz CT molecular complexity index is 1030. The number of benzene rings is 2. The second-order valence-electron chi connectivity index (χ2n) is 9.24. The van der Waals surface area contributed by atoms with Gasteiger partial charge in [0.1, 0.15) is 18.2 Å². The van der Waals surface area contributed by atoms with Gasteiger partial charge in [-0.1, -0.05) is 61.4 Å². The van der Waals surface area contributed by atoms with Crippen LogP contribution in [0.5, 0.6) is 0 Å². The summed E-state index contributed by atoms with van der Waals surface area (Å²) in [5.41, 5.74) is 3.18. The third-order valence-corrected chi connectivity index (χ3v) is 7.02. The Morgan fingerprint density at radius 1 is 1.03 bits per heavy atom. The monoisotopic (exact) mass is 480 g/mol. The van der Waals surface area contributed by atoms with Crippen molar-refractivity contribution >= 4 is 18.0 Å². The molecular formula is C27H32N2O6. The van der Waals surface area contributed by atoms with E-state index in [-0.39, 0.29) is 12.5 Å². The van der Waals surface area contributed by atoms with E-state index < -0.39 is 29.6 Å². The number of amides is 2. The zero-order valence-electron chi connectivity index (χ0n) is 19.9. The smallest absolute Gasteiger partial charge is 0.407 e. The summed E-state index contributed by atoms with van der Waals surface area (Å²) in [6.45, 7) is 0.547. The van der Waals surface area contributed by atoms with Crippen LogP contribution in [0, 0.1) is 0 Å². The molecule has 0 heterocycles. The minimum Gasteiger partial charge on any atom is -0.480 e. The number of nitrogens with one attached hydrogen (secondary N) is 2. The van der Waals surface area contributed by atoms with Gasteiger partial charge in [-0.2, -0.15) is 0 Å². The second kappa shape index (κ2) is 10.9. The Balaban J connectivity index is 1.42. The standard InChI is InChI=1S/C27H32N2O6/c1-34-16-8-13-23(24(30)29-27(25(31)32)14-6-7-15-27)28-26(33)35-17-22-20-11-4-2-9-18(20)19-10-3-5-12-21(19)22/h2-5,9-12,22-23H,6-8,13-17H2,1H3,(H,28,33)(H,29,30)(H,31,32). The number of carbonyl (C=O) groups is 3. The molecule has 35 heavy (non-hydrogen) atoms. The van der Waals surface area contributed by atoms with Crippen LogP contribution >= 0.6 is 0 Å². The first-order valence-electron chi connectivity index (χ1n) is 12.1. The lowest BCUT2D eigenvalue weighted by Gasteiger charge is -2.28. The van der Waals surface area contributed by atoms with Gasteiger partial charge < -0.3 is 25.2 Å². The molecule has 2 aromatic rings. The Labute approximate surface area is 205 Å². The number of hydrogen-bond donors (Lipinski definition) is 3. The average molecular weight is 481 g/mol. The molecule has 0 saturated heterocycles. The van der Waals surface area contributed by atoms with Crippen molar-refractivity contribution in [3.8, 4) is 11.1 Å². The Hall–Kier alpha value is -3.39. The molecule has 1 fully saturated rings. The highest BCUT2D eigenvalue weighted by molar-refractivity contribution is 5.91. The molecule has 2 amide bonds. The van der Waals surface area contributed by atoms with Crippen molar-refractivity contribution in [3.05, 3.63) is 59.7 Å². The van der Waals surface area contributed by atoms with Gasteiger partial charge in [0.2, 0.25) is 5.91 Å². The maximum Gasteiger partial charge on any atom is 0.407 e. The fourth-order valence-corrected chi connectivity index (χ4v) is 5.18. The number of fused-ring (bicyclic) bond motifs is 3. The Kier molecular flexibility index (Phi) is 7.70. The van der Waals surface area contributed by atoms with Crippen LogP contribution in [-0.2, 0) is 19.1 Å². The van der Waals surface area contributed by atoms with Gasteiger partial charge in [0.25, 0.3) is 0 Å². The van der Waals surface area contributed by atoms with Crippen molar-refractivity contribution in [1.82, 2.24) is 10.6 Å². The topological polar surface area (TPSA) is 114 Å². The molecule has 0 bridgehead atoms. The molecule has 186 valence electrons. The van der Waals surface area contributed by atoms with Crippen LogP contribution in [0.4, 0.5) is 4.79 Å². The fourth-order valence-electron chi connectivity index (χ4n) is 5.18. The lowest BCUT2D eigenvalue weighted by molar-refractivity contribution is -0.147. The predicted octanol–water partition coefficient (Wildman–Crippen LogP) is 3.83. The van der Waals surface area contributed by atoms with E-state index in [4.69, 9.17) is 9.47 Å². The molecular weight excluding hydrogens is 448 g/mol. The number of carboxylic acid groups (broad SMARTS) is 1. The van der Waals surface area contributed by atoms with Crippen LogP contribution in [0.3, 0.4) is 0 Å². The molecule has 0 aliphatic heterocycles. The highest BCUT2D eigenvalue weighted by Crippen LogP contribution is 2.44. The predicted molar refractivity (Wildman–Crippen MR) is 130 cm³/mol. The van der Waals surface area contributed by atoms with E-state index >= 15 is 0 Å². The Morgan fingerprint density at radius 2 is 1.63 bits per heavy atom. The number of aliphatic carboxylic acids is 1. The molecule has 1 unspecified atom stereocenters. The number of ether oxygens (including phenoxy) is 2. The van der Waals surface area contributed by atoms with Crippen LogP contribution < -0.4 is 10.6 Å². The van der Waals surface area contributed by atoms with Crippen LogP contribution in [0.1, 0.15) is 55.6 Å². The normalized spacial score (nSPS) is 16.7. The van der Waals surface area contributed by atoms with Gasteiger partial charge >= 0.3 is 12.1 Å². The molecule has 8 nitrogen and oxygen atoms in total. The maximum atomic E-state index is 13.0. The first kappa shape index (κ1) is 24.7. The molecule has 1 atom stereocenters. The number of methoxy groups -OCH3 is 1. The van der Waals surface area contributed by atoms with Gasteiger partial charge in [0.05, 0.1) is 0 Å². The van der Waals surface area contributed by atoms with E-state index in [9.17, 15) is 19.5 Å². The van der Waals surface area contributed by atoms with E-state index in [1.165, 1.54) is 0 Å². The second-order valence-corrected chi connectivity index (χ2v) is 9.24. The number of rotatable bonds is 10. The van der Waals surface area contributed by atoms with E-state index in [0.29, 0.717) is 32.3 Å². The fraction of sp³-hybridized carbons (Fsp3) is 0.444. The number of hydrogen-bond acceptors (Lipinski definition) is 5. The van der Waals surface area contributed by atoms with E-state index in [1.54, 1.807) is 7.11 Å². The number of alkyl carbamates (subject to hydrolysis) is 1. The molecule has 3 N–H and O–H groups in total. The molecule has 8 heteroatoms. The summed E-state index contributed by atoms with van der Waals surface area (Å²) in [4.78, 5) is 37.7. The number of carbonyl (C=O) groups excluding carboxylic acids is 2. The van der Waals surface area contributed by atoms with Crippen molar-refractivity contribution < 1.29 is 29.0 Å². The van der Waals surface area contributed by atoms with Crippen molar-refractivity contribution in [3.63, 3.8) is 0 Å². The molecule has 1 saturated carbocycles. The average Bonchev–Trinajstić information content (AvgIpc) is 3.46. The Morgan fingerprint density at radius 3 is 2.20 bits per heavy atom. The first-order valence-corrected chi connectivity index (χ1v) is 12.1. The van der Waals surface area contributed by atoms with E-state index in [0.717, 1.165) is 35.1 Å². The van der Waals surface area contributed by atoms with Gasteiger partial charge in [0, 0.05) is 19.6 Å². The maximum absolute atomic E-state index is 13.0. The zero-order chi connectivity index (χ0) is 24.8. The van der Waals surface area contributed by atoms with Gasteiger partial charge in [-0.05, 0) is 47.9 Å². The van der Waals surface area contributed by atoms with Crippen LogP contribution in [0.15, 0.2) is 48.5 Å². The van der Waals surface area contributed by atoms with Gasteiger partial charge in [-0.15, -0.1) is 0 Å². The van der Waals surface area contributed by atoms with Crippen molar-refractivity contribution in [2.45, 2.75) is 56.0 Å². The van der Waals surface area contributed by atoms with Crippen molar-refractivity contribution in [2.24, 2.45) is 0 Å². The van der Waals surface area contributed by atoms with Crippen LogP contribution in [0.2, 0.25) is 0 Å². The van der Waals surface area contributed by atoms with Crippen LogP contribution in [-0.4, -0.2) is 55.0 Å². The third kappa shape index (κ3) is 5.32. The highest BCUT2D eigenvalue weighted by Gasteiger charge is 2.43. The summed E-state index contributed by atoms with van der Waals surface area (Å²) in [5.74, 6) is -1.65. The molecule has 0 aromatic heterocycles. The zero-order valence-corrected chi connectivity index (χ0v) is 19.9. The minimum atomic E-state index is -1.28. The largest absolute Gasteiger partial charge is 0.480 e. The quantitative estimate of drug-likeness (QED) is 0.446. The first-order chi connectivity index (χ1) is 16.9. The molecule has 0 radical (unpaired) electrons. The van der Waals surface area contributed by atoms with Crippen molar-refractivity contribution in [1.29, 1.82) is 0 Å². The van der Waals surface area contributed by atoms with Gasteiger partial charge in [0.15, 0.2) is 0 Å². The number of carboxylic acids is 1. The SMILES string of the molecule is COCCCC(NC(=O)OCC1c2ccccc2-c2ccccc21)C(=O)NC1(C(=O)O)CCCC1. The van der Waals surface area contributed by atoms with Crippen molar-refractivity contribution in [2.75, 3.05) is 20.3 Å². The summed E-state index contributed by atoms with van der Waals surface area (Å²) in [6, 6.07) is 15.2. The van der Waals surface area contributed by atoms with E-state index in [2.05, 4.69) is 22.8 Å². The molecule has 2 aliphatic carbocycles. The summed E-state index contributed by atoms with van der Waals surface area (Å²) in [7, 11) is 1.56. The molecule has 2 aromatic carbocycles. The lowest BCUT2D eigenvalue weighted by Crippen LogP contribution is -2.58. The summed E-state index contributed by atoms with van der Waals surface area (Å²) in [5, 5.41) is 15.1. The molecule has 2 aliphatic rings.